The molecular formula is C21H27N3O2. The molecule has 0 fully saturated rings. The summed E-state index contributed by atoms with van der Waals surface area (Å²) in [5, 5.41) is 5.86. The molecule has 5 nitrogen and oxygen atoms in total. The van der Waals surface area contributed by atoms with E-state index in [0.29, 0.717) is 5.56 Å². The molecule has 1 heterocycles. The zero-order valence-electron chi connectivity index (χ0n) is 16.1. The number of hydrogen-bond donors (Lipinski definition) is 2. The van der Waals surface area contributed by atoms with Gasteiger partial charge in [-0.25, -0.2) is 0 Å². The van der Waals surface area contributed by atoms with E-state index < -0.39 is 0 Å². The average molecular weight is 353 g/mol. The summed E-state index contributed by atoms with van der Waals surface area (Å²) in [6, 6.07) is 9.18. The normalized spacial score (nSPS) is 11.9. The van der Waals surface area contributed by atoms with Gasteiger partial charge in [-0.3, -0.25) is 14.6 Å². The van der Waals surface area contributed by atoms with E-state index in [1.54, 1.807) is 6.07 Å². The largest absolute Gasteiger partial charge is 0.350 e. The molecule has 1 aromatic heterocycles. The lowest BCUT2D eigenvalue weighted by Crippen LogP contribution is -2.32. The van der Waals surface area contributed by atoms with Crippen LogP contribution in [0.1, 0.15) is 72.0 Å². The molecule has 0 aliphatic rings. The number of benzene rings is 1. The van der Waals surface area contributed by atoms with Crippen LogP contribution < -0.4 is 10.6 Å². The summed E-state index contributed by atoms with van der Waals surface area (Å²) in [5.74, 6) is -0.236. The predicted octanol–water partition coefficient (Wildman–Crippen LogP) is 4.29. The Balaban J connectivity index is 2.24. The summed E-state index contributed by atoms with van der Waals surface area (Å²) >= 11 is 0. The van der Waals surface area contributed by atoms with Gasteiger partial charge in [0, 0.05) is 23.5 Å². The number of carbonyl (C=O) groups is 2. The molecule has 26 heavy (non-hydrogen) atoms. The molecule has 2 aromatic rings. The van der Waals surface area contributed by atoms with Gasteiger partial charge in [0.15, 0.2) is 0 Å². The van der Waals surface area contributed by atoms with Crippen LogP contribution in [0.3, 0.4) is 0 Å². The maximum atomic E-state index is 12.7. The predicted molar refractivity (Wildman–Crippen MR) is 105 cm³/mol. The number of aromatic nitrogens is 1. The minimum absolute atomic E-state index is 0.0773. The van der Waals surface area contributed by atoms with Gasteiger partial charge in [-0.2, -0.15) is 0 Å². The number of nitrogens with zero attached hydrogens (tertiary/aromatic N) is 1. The van der Waals surface area contributed by atoms with Crippen LogP contribution >= 0.6 is 0 Å². The van der Waals surface area contributed by atoms with Gasteiger partial charge in [-0.1, -0.05) is 39.0 Å². The fourth-order valence-corrected chi connectivity index (χ4v) is 2.63. The van der Waals surface area contributed by atoms with E-state index in [4.69, 9.17) is 0 Å². The molecule has 138 valence electrons. The van der Waals surface area contributed by atoms with Crippen molar-refractivity contribution in [1.29, 1.82) is 0 Å². The highest BCUT2D eigenvalue weighted by Gasteiger charge is 2.16. The van der Waals surface area contributed by atoms with Crippen molar-refractivity contribution in [2.45, 2.75) is 53.0 Å². The minimum Gasteiger partial charge on any atom is -0.350 e. The summed E-state index contributed by atoms with van der Waals surface area (Å²) in [6.45, 7) is 10.1. The molecule has 0 aliphatic carbocycles. The Labute approximate surface area is 155 Å². The first-order valence-corrected chi connectivity index (χ1v) is 9.01. The summed E-state index contributed by atoms with van der Waals surface area (Å²) in [7, 11) is 0. The minimum atomic E-state index is -0.320. The number of nitrogens with one attached hydrogen (secondary N) is 2. The van der Waals surface area contributed by atoms with Crippen molar-refractivity contribution in [3.8, 4) is 0 Å². The number of para-hydroxylation sites is 1. The molecular weight excluding hydrogens is 326 g/mol. The third kappa shape index (κ3) is 4.69. The first-order chi connectivity index (χ1) is 12.3. The zero-order valence-corrected chi connectivity index (χ0v) is 16.1. The number of pyridine rings is 1. The number of amides is 2. The van der Waals surface area contributed by atoms with Gasteiger partial charge < -0.3 is 10.6 Å². The first-order valence-electron chi connectivity index (χ1n) is 9.01. The number of hydrogen-bond acceptors (Lipinski definition) is 3. The van der Waals surface area contributed by atoms with Crippen molar-refractivity contribution in [2.24, 2.45) is 0 Å². The Morgan fingerprint density at radius 2 is 1.85 bits per heavy atom. The number of anilines is 1. The van der Waals surface area contributed by atoms with Gasteiger partial charge in [-0.15, -0.1) is 0 Å². The summed E-state index contributed by atoms with van der Waals surface area (Å²) in [6.07, 6.45) is 2.33. The van der Waals surface area contributed by atoms with Crippen molar-refractivity contribution in [2.75, 3.05) is 5.32 Å². The Morgan fingerprint density at radius 1 is 1.12 bits per heavy atom. The first kappa shape index (κ1) is 19.6. The fraction of sp³-hybridized carbons (Fsp3) is 0.381. The molecule has 1 aromatic carbocycles. The van der Waals surface area contributed by atoms with Crippen LogP contribution in [0.2, 0.25) is 0 Å². The van der Waals surface area contributed by atoms with Crippen molar-refractivity contribution in [1.82, 2.24) is 10.3 Å². The van der Waals surface area contributed by atoms with Gasteiger partial charge in [0.1, 0.15) is 5.69 Å². The molecule has 2 amide bonds. The molecule has 1 unspecified atom stereocenters. The van der Waals surface area contributed by atoms with Gasteiger partial charge in [-0.05, 0) is 49.4 Å². The van der Waals surface area contributed by atoms with Crippen LogP contribution in [0.5, 0.6) is 0 Å². The summed E-state index contributed by atoms with van der Waals surface area (Å²) in [4.78, 5) is 29.1. The smallest absolute Gasteiger partial charge is 0.274 e. The maximum Gasteiger partial charge on any atom is 0.274 e. The van der Waals surface area contributed by atoms with Crippen LogP contribution in [0, 0.1) is 6.92 Å². The zero-order chi connectivity index (χ0) is 19.3. The van der Waals surface area contributed by atoms with Crippen LogP contribution in [0.4, 0.5) is 5.69 Å². The van der Waals surface area contributed by atoms with Gasteiger partial charge in [0.25, 0.3) is 11.8 Å². The Bertz CT molecular complexity index is 800. The Hall–Kier alpha value is -2.69. The highest BCUT2D eigenvalue weighted by atomic mass is 16.2. The van der Waals surface area contributed by atoms with Gasteiger partial charge in [0.05, 0.1) is 0 Å². The lowest BCUT2D eigenvalue weighted by molar-refractivity contribution is 0.0939. The van der Waals surface area contributed by atoms with E-state index in [1.807, 2.05) is 39.0 Å². The fourth-order valence-electron chi connectivity index (χ4n) is 2.63. The van der Waals surface area contributed by atoms with E-state index >= 15 is 0 Å². The SMILES string of the molecule is CCC(C)NC(=O)c1ccnc(C(=O)Nc2c(C)cccc2C(C)C)c1. The molecule has 0 aliphatic heterocycles. The summed E-state index contributed by atoms with van der Waals surface area (Å²) in [5.41, 5.74) is 3.53. The van der Waals surface area contributed by atoms with E-state index in [9.17, 15) is 9.59 Å². The average Bonchev–Trinajstić information content (AvgIpc) is 2.62. The van der Waals surface area contributed by atoms with Crippen molar-refractivity contribution in [3.63, 3.8) is 0 Å². The van der Waals surface area contributed by atoms with Crippen LogP contribution in [-0.2, 0) is 0 Å². The summed E-state index contributed by atoms with van der Waals surface area (Å²) < 4.78 is 0. The van der Waals surface area contributed by atoms with E-state index in [-0.39, 0.29) is 29.5 Å². The van der Waals surface area contributed by atoms with E-state index in [1.165, 1.54) is 12.3 Å². The monoisotopic (exact) mass is 353 g/mol. The second-order valence-corrected chi connectivity index (χ2v) is 6.86. The standard InChI is InChI=1S/C21H27N3O2/c1-6-15(5)23-20(25)16-10-11-22-18(12-16)21(26)24-19-14(4)8-7-9-17(19)13(2)3/h7-13,15H,6H2,1-5H3,(H,23,25)(H,24,26). The Morgan fingerprint density at radius 3 is 2.50 bits per heavy atom. The van der Waals surface area contributed by atoms with Crippen molar-refractivity contribution >= 4 is 17.5 Å². The van der Waals surface area contributed by atoms with E-state index in [0.717, 1.165) is 23.2 Å². The lowest BCUT2D eigenvalue weighted by Gasteiger charge is -2.16. The molecule has 0 spiro atoms. The third-order valence-corrected chi connectivity index (χ3v) is 4.41. The highest BCUT2D eigenvalue weighted by molar-refractivity contribution is 6.05. The number of carbonyl (C=O) groups excluding carboxylic acids is 2. The second kappa shape index (κ2) is 8.61. The van der Waals surface area contributed by atoms with Crippen molar-refractivity contribution < 1.29 is 9.59 Å². The maximum absolute atomic E-state index is 12.7. The van der Waals surface area contributed by atoms with Crippen LogP contribution in [0.25, 0.3) is 0 Å². The van der Waals surface area contributed by atoms with Gasteiger partial charge in [0.2, 0.25) is 0 Å². The van der Waals surface area contributed by atoms with Crippen LogP contribution in [-0.4, -0.2) is 22.8 Å². The molecule has 1 atom stereocenters. The molecule has 0 bridgehead atoms. The topological polar surface area (TPSA) is 71.1 Å². The molecule has 2 rings (SSSR count). The number of rotatable bonds is 6. The number of aryl methyl sites for hydroxylation is 1. The van der Waals surface area contributed by atoms with Crippen molar-refractivity contribution in [3.05, 3.63) is 58.9 Å². The molecule has 2 N–H and O–H groups in total. The van der Waals surface area contributed by atoms with Gasteiger partial charge >= 0.3 is 0 Å². The molecule has 0 radical (unpaired) electrons. The highest BCUT2D eigenvalue weighted by Crippen LogP contribution is 2.27. The lowest BCUT2D eigenvalue weighted by atomic mass is 9.98. The molecule has 0 saturated carbocycles. The Kier molecular flexibility index (Phi) is 6.50. The van der Waals surface area contributed by atoms with Crippen LogP contribution in [0.15, 0.2) is 36.5 Å². The third-order valence-electron chi connectivity index (χ3n) is 4.41. The second-order valence-electron chi connectivity index (χ2n) is 6.86. The van der Waals surface area contributed by atoms with E-state index in [2.05, 4.69) is 29.5 Å². The quantitative estimate of drug-likeness (QED) is 0.813. The molecule has 5 heteroatoms. The molecule has 0 saturated heterocycles.